The van der Waals surface area contributed by atoms with Crippen LogP contribution in [-0.2, 0) is 10.0 Å². The number of hydrogen-bond donors (Lipinski definition) is 2. The average Bonchev–Trinajstić information content (AvgIpc) is 2.73. The molecule has 1 aliphatic rings. The molecular weight excluding hydrogens is 294 g/mol. The fourth-order valence-electron chi connectivity index (χ4n) is 2.36. The van der Waals surface area contributed by atoms with Gasteiger partial charge in [0.2, 0.25) is 10.0 Å². The van der Waals surface area contributed by atoms with Crippen molar-refractivity contribution in [2.45, 2.75) is 24.3 Å². The fourth-order valence-corrected chi connectivity index (χ4v) is 4.02. The van der Waals surface area contributed by atoms with Gasteiger partial charge in [-0.2, -0.15) is 0 Å². The zero-order valence-corrected chi connectivity index (χ0v) is 13.2. The lowest BCUT2D eigenvalue weighted by molar-refractivity contribution is 0.407. The number of nitrogens with zero attached hydrogens (tertiary/aromatic N) is 1. The Morgan fingerprint density at radius 2 is 2.20 bits per heavy atom. The number of likely N-dealkylation sites (tertiary alicyclic amines) is 1. The zero-order chi connectivity index (χ0) is 14.9. The molecule has 3 N–H and O–H groups in total. The molecule has 1 atom stereocenters. The molecule has 0 spiro atoms. The van der Waals surface area contributed by atoms with Gasteiger partial charge in [-0.1, -0.05) is 24.4 Å². The molecule has 1 saturated heterocycles. The van der Waals surface area contributed by atoms with E-state index in [1.165, 1.54) is 0 Å². The number of hydrogen-bond acceptors (Lipinski definition) is 4. The first kappa shape index (κ1) is 15.4. The van der Waals surface area contributed by atoms with Crippen LogP contribution in [0.3, 0.4) is 0 Å². The molecule has 110 valence electrons. The van der Waals surface area contributed by atoms with E-state index < -0.39 is 10.0 Å². The highest BCUT2D eigenvalue weighted by molar-refractivity contribution is 7.89. The molecule has 0 saturated carbocycles. The second-order valence-electron chi connectivity index (χ2n) is 5.21. The molecule has 1 aliphatic heterocycles. The monoisotopic (exact) mass is 313 g/mol. The third-order valence-electron chi connectivity index (χ3n) is 3.48. The van der Waals surface area contributed by atoms with Gasteiger partial charge in [-0.15, -0.1) is 0 Å². The summed E-state index contributed by atoms with van der Waals surface area (Å²) in [5, 5.41) is 0. The summed E-state index contributed by atoms with van der Waals surface area (Å²) in [6.45, 7) is 3.39. The Kier molecular flexibility index (Phi) is 4.43. The highest BCUT2D eigenvalue weighted by Crippen LogP contribution is 2.19. The van der Waals surface area contributed by atoms with Crippen molar-refractivity contribution in [2.75, 3.05) is 20.1 Å². The fraction of sp³-hybridized carbons (Fsp3) is 0.462. The van der Waals surface area contributed by atoms with Crippen LogP contribution in [0.5, 0.6) is 0 Å². The molecule has 1 unspecified atom stereocenters. The molecule has 1 fully saturated rings. The predicted molar refractivity (Wildman–Crippen MR) is 83.3 cm³/mol. The Morgan fingerprint density at radius 1 is 1.50 bits per heavy atom. The van der Waals surface area contributed by atoms with Crippen LogP contribution in [0.1, 0.15) is 17.5 Å². The number of thiocarbonyl (C=S) groups is 1. The van der Waals surface area contributed by atoms with E-state index in [0.29, 0.717) is 11.1 Å². The largest absolute Gasteiger partial charge is 0.389 e. The maximum absolute atomic E-state index is 12.5. The Bertz CT molecular complexity index is 629. The normalized spacial score (nSPS) is 20.2. The standard InChI is InChI=1S/C13H19N3O2S2/c1-9-3-4-10(13(14)19)7-12(9)20(17,18)15-11-5-6-16(2)8-11/h3-4,7,11,15H,5-6,8H2,1-2H3,(H2,14,19). The summed E-state index contributed by atoms with van der Waals surface area (Å²) in [4.78, 5) is 2.55. The van der Waals surface area contributed by atoms with E-state index in [4.69, 9.17) is 18.0 Å². The first-order valence-corrected chi connectivity index (χ1v) is 8.30. The van der Waals surface area contributed by atoms with Crippen LogP contribution in [0.2, 0.25) is 0 Å². The third kappa shape index (κ3) is 3.35. The lowest BCUT2D eigenvalue weighted by Crippen LogP contribution is -2.36. The molecule has 20 heavy (non-hydrogen) atoms. The van der Waals surface area contributed by atoms with Gasteiger partial charge >= 0.3 is 0 Å². The average molecular weight is 313 g/mol. The molecule has 0 aliphatic carbocycles. The smallest absolute Gasteiger partial charge is 0.241 e. The van der Waals surface area contributed by atoms with Crippen LogP contribution in [-0.4, -0.2) is 44.5 Å². The topological polar surface area (TPSA) is 75.4 Å². The van der Waals surface area contributed by atoms with Gasteiger partial charge in [-0.3, -0.25) is 0 Å². The maximum atomic E-state index is 12.5. The second kappa shape index (κ2) is 5.77. The summed E-state index contributed by atoms with van der Waals surface area (Å²) in [6, 6.07) is 4.96. The number of aryl methyl sites for hydroxylation is 1. The number of nitrogens with one attached hydrogen (secondary N) is 1. The summed E-state index contributed by atoms with van der Waals surface area (Å²) < 4.78 is 27.7. The molecular formula is C13H19N3O2S2. The lowest BCUT2D eigenvalue weighted by Gasteiger charge is -2.15. The van der Waals surface area contributed by atoms with Crippen molar-refractivity contribution in [3.8, 4) is 0 Å². The van der Waals surface area contributed by atoms with Gasteiger partial charge < -0.3 is 10.6 Å². The number of rotatable bonds is 4. The van der Waals surface area contributed by atoms with Crippen molar-refractivity contribution in [3.05, 3.63) is 29.3 Å². The van der Waals surface area contributed by atoms with Crippen LogP contribution in [0.15, 0.2) is 23.1 Å². The summed E-state index contributed by atoms with van der Waals surface area (Å²) >= 11 is 4.90. The predicted octanol–water partition coefficient (Wildman–Crippen LogP) is 0.612. The number of nitrogens with two attached hydrogens (primary N) is 1. The molecule has 2 rings (SSSR count). The molecule has 0 radical (unpaired) electrons. The van der Waals surface area contributed by atoms with Crippen molar-refractivity contribution < 1.29 is 8.42 Å². The molecule has 1 aromatic rings. The lowest BCUT2D eigenvalue weighted by atomic mass is 10.1. The molecule has 1 heterocycles. The van der Waals surface area contributed by atoms with E-state index in [1.54, 1.807) is 25.1 Å². The Morgan fingerprint density at radius 3 is 2.75 bits per heavy atom. The molecule has 1 aromatic carbocycles. The summed E-state index contributed by atoms with van der Waals surface area (Å²) in [6.07, 6.45) is 0.823. The van der Waals surface area contributed by atoms with Crippen LogP contribution < -0.4 is 10.5 Å². The van der Waals surface area contributed by atoms with Gasteiger partial charge in [0, 0.05) is 18.2 Å². The van der Waals surface area contributed by atoms with E-state index in [0.717, 1.165) is 19.5 Å². The van der Waals surface area contributed by atoms with Crippen LogP contribution >= 0.6 is 12.2 Å². The number of benzene rings is 1. The van der Waals surface area contributed by atoms with Gasteiger partial charge in [0.1, 0.15) is 4.99 Å². The number of sulfonamides is 1. The second-order valence-corrected chi connectivity index (χ2v) is 7.34. The van der Waals surface area contributed by atoms with Crippen LogP contribution in [0, 0.1) is 6.92 Å². The summed E-state index contributed by atoms with van der Waals surface area (Å²) in [5.74, 6) is 0. The highest BCUT2D eigenvalue weighted by Gasteiger charge is 2.26. The van der Waals surface area contributed by atoms with E-state index >= 15 is 0 Å². The molecule has 0 bridgehead atoms. The molecule has 5 nitrogen and oxygen atoms in total. The minimum Gasteiger partial charge on any atom is -0.389 e. The van der Waals surface area contributed by atoms with Gasteiger partial charge in [-0.25, -0.2) is 13.1 Å². The van der Waals surface area contributed by atoms with E-state index in [1.807, 2.05) is 7.05 Å². The van der Waals surface area contributed by atoms with Gasteiger partial charge in [-0.05, 0) is 38.6 Å². The Hall–Kier alpha value is -1.02. The van der Waals surface area contributed by atoms with Crippen molar-refractivity contribution in [2.24, 2.45) is 5.73 Å². The molecule has 0 amide bonds. The van der Waals surface area contributed by atoms with E-state index in [9.17, 15) is 8.42 Å². The Balaban J connectivity index is 2.29. The maximum Gasteiger partial charge on any atom is 0.241 e. The van der Waals surface area contributed by atoms with E-state index in [2.05, 4.69) is 9.62 Å². The van der Waals surface area contributed by atoms with Gasteiger partial charge in [0.25, 0.3) is 0 Å². The third-order valence-corrected chi connectivity index (χ3v) is 5.37. The summed E-state index contributed by atoms with van der Waals surface area (Å²) in [5.41, 5.74) is 6.82. The van der Waals surface area contributed by atoms with Crippen molar-refractivity contribution >= 4 is 27.2 Å². The van der Waals surface area contributed by atoms with Crippen molar-refractivity contribution in [1.29, 1.82) is 0 Å². The quantitative estimate of drug-likeness (QED) is 0.797. The molecule has 0 aromatic heterocycles. The first-order valence-electron chi connectivity index (χ1n) is 6.41. The van der Waals surface area contributed by atoms with E-state index in [-0.39, 0.29) is 15.9 Å². The summed E-state index contributed by atoms with van der Waals surface area (Å²) in [7, 11) is -1.57. The van der Waals surface area contributed by atoms with Crippen LogP contribution in [0.4, 0.5) is 0 Å². The van der Waals surface area contributed by atoms with Crippen LogP contribution in [0.25, 0.3) is 0 Å². The minimum atomic E-state index is -3.55. The Labute approximate surface area is 125 Å². The zero-order valence-electron chi connectivity index (χ0n) is 11.6. The van der Waals surface area contributed by atoms with Gasteiger partial charge in [0.15, 0.2) is 0 Å². The van der Waals surface area contributed by atoms with Gasteiger partial charge in [0.05, 0.1) is 4.90 Å². The van der Waals surface area contributed by atoms with Crippen molar-refractivity contribution in [3.63, 3.8) is 0 Å². The SMILES string of the molecule is Cc1ccc(C(N)=S)cc1S(=O)(=O)NC1CCN(C)C1. The first-order chi connectivity index (χ1) is 9.29. The van der Waals surface area contributed by atoms with Crippen molar-refractivity contribution in [1.82, 2.24) is 9.62 Å². The minimum absolute atomic E-state index is 0.0436. The number of likely N-dealkylation sites (N-methyl/N-ethyl adjacent to an activating group) is 1. The molecule has 7 heteroatoms. The highest BCUT2D eigenvalue weighted by atomic mass is 32.2.